The highest BCUT2D eigenvalue weighted by Crippen LogP contribution is 2.15. The van der Waals surface area contributed by atoms with Crippen LogP contribution in [0.2, 0.25) is 5.02 Å². The number of aryl methyl sites for hydroxylation is 1. The number of ether oxygens (including phenoxy) is 1. The van der Waals surface area contributed by atoms with Crippen LogP contribution < -0.4 is 5.32 Å². The number of aromatic nitrogens is 2. The third-order valence-electron chi connectivity index (χ3n) is 2.69. The average Bonchev–Trinajstić information content (AvgIpc) is 2.70. The number of nitrogens with one attached hydrogen (secondary N) is 1. The molecule has 1 aromatic rings. The molecule has 19 heavy (non-hydrogen) atoms. The van der Waals surface area contributed by atoms with Crippen molar-refractivity contribution in [3.05, 3.63) is 16.9 Å². The summed E-state index contributed by atoms with van der Waals surface area (Å²) in [5.74, 6) is 0. The molecule has 0 unspecified atom stereocenters. The van der Waals surface area contributed by atoms with Gasteiger partial charge >= 0.3 is 0 Å². The maximum Gasteiger partial charge on any atom is 0.169 e. The molecule has 0 aromatic carbocycles. The van der Waals surface area contributed by atoms with Crippen LogP contribution in [-0.2, 0) is 18.3 Å². The Morgan fingerprint density at radius 2 is 2.37 bits per heavy atom. The van der Waals surface area contributed by atoms with Crippen LogP contribution in [0.25, 0.3) is 0 Å². The molecule has 0 saturated carbocycles. The lowest BCUT2D eigenvalue weighted by molar-refractivity contribution is 0.145. The van der Waals surface area contributed by atoms with Crippen molar-refractivity contribution in [2.45, 2.75) is 19.9 Å². The van der Waals surface area contributed by atoms with Crippen molar-refractivity contribution in [2.24, 2.45) is 7.05 Å². The van der Waals surface area contributed by atoms with Crippen molar-refractivity contribution in [3.8, 4) is 0 Å². The third kappa shape index (κ3) is 5.34. The summed E-state index contributed by atoms with van der Waals surface area (Å²) in [7, 11) is 3.80. The molecule has 0 aliphatic rings. The Hall–Kier alpha value is -0.850. The number of nitrogens with zero attached hydrogens (tertiary/aromatic N) is 3. The number of rotatable bonds is 7. The van der Waals surface area contributed by atoms with E-state index >= 15 is 0 Å². The maximum atomic E-state index is 6.07. The smallest absolute Gasteiger partial charge is 0.169 e. The highest BCUT2D eigenvalue weighted by molar-refractivity contribution is 7.80. The second kappa shape index (κ2) is 8.35. The standard InChI is InChI=1S/C12H21ClN4OS/c1-4-18-7-5-6-14-12(19)16(2)9-11-10(13)8-15-17(11)3/h8H,4-7,9H2,1-3H3,(H,14,19). The fraction of sp³-hybridized carbons (Fsp3) is 0.667. The molecule has 0 aliphatic heterocycles. The van der Waals surface area contributed by atoms with E-state index in [2.05, 4.69) is 10.4 Å². The summed E-state index contributed by atoms with van der Waals surface area (Å²) in [6.45, 7) is 4.94. The maximum absolute atomic E-state index is 6.07. The highest BCUT2D eigenvalue weighted by atomic mass is 35.5. The van der Waals surface area contributed by atoms with Gasteiger partial charge in [-0.15, -0.1) is 0 Å². The summed E-state index contributed by atoms with van der Waals surface area (Å²) in [4.78, 5) is 1.94. The molecule has 0 saturated heterocycles. The number of thiocarbonyl (C=S) groups is 1. The molecule has 1 aromatic heterocycles. The van der Waals surface area contributed by atoms with Crippen LogP contribution in [0.15, 0.2) is 6.20 Å². The van der Waals surface area contributed by atoms with Crippen molar-refractivity contribution >= 4 is 28.9 Å². The fourth-order valence-electron chi connectivity index (χ4n) is 1.56. The van der Waals surface area contributed by atoms with E-state index in [9.17, 15) is 0 Å². The van der Waals surface area contributed by atoms with Gasteiger partial charge in [-0.25, -0.2) is 0 Å². The van der Waals surface area contributed by atoms with E-state index in [4.69, 9.17) is 28.6 Å². The van der Waals surface area contributed by atoms with Crippen molar-refractivity contribution < 1.29 is 4.74 Å². The molecule has 0 spiro atoms. The van der Waals surface area contributed by atoms with Gasteiger partial charge in [0.15, 0.2) is 5.11 Å². The van der Waals surface area contributed by atoms with Gasteiger partial charge in [0.05, 0.1) is 23.5 Å². The first-order valence-electron chi connectivity index (χ1n) is 6.29. The van der Waals surface area contributed by atoms with Crippen molar-refractivity contribution in [3.63, 3.8) is 0 Å². The second-order valence-electron chi connectivity index (χ2n) is 4.20. The minimum Gasteiger partial charge on any atom is -0.382 e. The molecule has 7 heteroatoms. The van der Waals surface area contributed by atoms with Crippen LogP contribution >= 0.6 is 23.8 Å². The first-order valence-corrected chi connectivity index (χ1v) is 7.08. The predicted octanol–water partition coefficient (Wildman–Crippen LogP) is 1.81. The molecule has 0 radical (unpaired) electrons. The van der Waals surface area contributed by atoms with Gasteiger partial charge in [-0.05, 0) is 25.6 Å². The third-order valence-corrected chi connectivity index (χ3v) is 3.46. The van der Waals surface area contributed by atoms with Crippen LogP contribution in [0.4, 0.5) is 0 Å². The molecule has 1 heterocycles. The van der Waals surface area contributed by atoms with Crippen molar-refractivity contribution in [2.75, 3.05) is 26.8 Å². The van der Waals surface area contributed by atoms with Crippen molar-refractivity contribution in [1.29, 1.82) is 0 Å². The van der Waals surface area contributed by atoms with E-state index in [1.807, 2.05) is 25.9 Å². The molecule has 0 amide bonds. The SMILES string of the molecule is CCOCCCNC(=S)N(C)Cc1c(Cl)cnn1C. The zero-order valence-corrected chi connectivity index (χ0v) is 13.2. The number of halogens is 1. The van der Waals surface area contributed by atoms with Gasteiger partial charge in [-0.1, -0.05) is 11.6 Å². The second-order valence-corrected chi connectivity index (χ2v) is 5.00. The minimum atomic E-state index is 0.632. The van der Waals surface area contributed by atoms with Crippen molar-refractivity contribution in [1.82, 2.24) is 20.0 Å². The quantitative estimate of drug-likeness (QED) is 0.615. The zero-order valence-electron chi connectivity index (χ0n) is 11.6. The Bertz CT molecular complexity index is 391. The zero-order chi connectivity index (χ0) is 14.3. The monoisotopic (exact) mass is 304 g/mol. The lowest BCUT2D eigenvalue weighted by Crippen LogP contribution is -2.37. The van der Waals surface area contributed by atoms with E-state index in [-0.39, 0.29) is 0 Å². The van der Waals surface area contributed by atoms with Gasteiger partial charge in [-0.3, -0.25) is 4.68 Å². The molecule has 108 valence electrons. The summed E-state index contributed by atoms with van der Waals surface area (Å²) in [5, 5.41) is 8.66. The number of hydrogen-bond acceptors (Lipinski definition) is 3. The van der Waals surface area contributed by atoms with Crippen LogP contribution in [0, 0.1) is 0 Å². The summed E-state index contributed by atoms with van der Waals surface area (Å²) in [5.41, 5.74) is 0.947. The summed E-state index contributed by atoms with van der Waals surface area (Å²) in [6, 6.07) is 0. The minimum absolute atomic E-state index is 0.632. The topological polar surface area (TPSA) is 42.3 Å². The largest absolute Gasteiger partial charge is 0.382 e. The Labute approximate surface area is 124 Å². The number of hydrogen-bond donors (Lipinski definition) is 1. The molecule has 1 rings (SSSR count). The van der Waals surface area contributed by atoms with E-state index in [0.29, 0.717) is 16.7 Å². The molecule has 0 atom stereocenters. The Morgan fingerprint density at radius 1 is 1.63 bits per heavy atom. The summed E-state index contributed by atoms with van der Waals surface area (Å²) < 4.78 is 7.03. The van der Waals surface area contributed by atoms with E-state index in [1.54, 1.807) is 10.9 Å². The molecule has 1 N–H and O–H groups in total. The summed E-state index contributed by atoms with van der Waals surface area (Å²) in [6.07, 6.45) is 2.58. The Kier molecular flexibility index (Phi) is 7.12. The van der Waals surface area contributed by atoms with Gasteiger partial charge in [0.1, 0.15) is 0 Å². The summed E-state index contributed by atoms with van der Waals surface area (Å²) >= 11 is 11.4. The van der Waals surface area contributed by atoms with Crippen LogP contribution in [0.3, 0.4) is 0 Å². The molecule has 5 nitrogen and oxygen atoms in total. The predicted molar refractivity (Wildman–Crippen MR) is 81.4 cm³/mol. The first kappa shape index (κ1) is 16.2. The van der Waals surface area contributed by atoms with E-state index in [1.165, 1.54) is 0 Å². The van der Waals surface area contributed by atoms with Gasteiger partial charge in [0, 0.05) is 33.9 Å². The van der Waals surface area contributed by atoms with Gasteiger partial charge in [0.25, 0.3) is 0 Å². The van der Waals surface area contributed by atoms with E-state index < -0.39 is 0 Å². The lowest BCUT2D eigenvalue weighted by atomic mass is 10.4. The van der Waals surface area contributed by atoms with Gasteiger partial charge < -0.3 is 15.0 Å². The fourth-order valence-corrected chi connectivity index (χ4v) is 1.95. The molecular weight excluding hydrogens is 284 g/mol. The molecule has 0 aliphatic carbocycles. The Balaban J connectivity index is 2.33. The molecule has 0 bridgehead atoms. The Morgan fingerprint density at radius 3 is 2.95 bits per heavy atom. The lowest BCUT2D eigenvalue weighted by Gasteiger charge is -2.21. The van der Waals surface area contributed by atoms with Crippen LogP contribution in [-0.4, -0.2) is 46.6 Å². The van der Waals surface area contributed by atoms with E-state index in [0.717, 1.165) is 31.9 Å². The van der Waals surface area contributed by atoms with Gasteiger partial charge in [-0.2, -0.15) is 5.10 Å². The van der Waals surface area contributed by atoms with Crippen LogP contribution in [0.1, 0.15) is 19.0 Å². The van der Waals surface area contributed by atoms with Gasteiger partial charge in [0.2, 0.25) is 0 Å². The molecule has 0 fully saturated rings. The van der Waals surface area contributed by atoms with Crippen LogP contribution in [0.5, 0.6) is 0 Å². The highest BCUT2D eigenvalue weighted by Gasteiger charge is 2.11. The normalized spacial score (nSPS) is 10.5. The average molecular weight is 305 g/mol. The first-order chi connectivity index (χ1) is 9.06. The molecular formula is C12H21ClN4OS.